The lowest BCUT2D eigenvalue weighted by molar-refractivity contribution is 0.309. The minimum Gasteiger partial charge on any atom is -0.488 e. The van der Waals surface area contributed by atoms with Gasteiger partial charge in [-0.25, -0.2) is 0 Å². The quantitative estimate of drug-likeness (QED) is 0.625. The van der Waals surface area contributed by atoms with Crippen LogP contribution in [-0.4, -0.2) is 0 Å². The van der Waals surface area contributed by atoms with Gasteiger partial charge in [-0.15, -0.1) is 11.3 Å². The molecule has 1 aromatic heterocycles. The van der Waals surface area contributed by atoms with E-state index in [1.165, 1.54) is 9.75 Å². The number of ether oxygens (including phenoxy) is 2. The van der Waals surface area contributed by atoms with Crippen molar-refractivity contribution < 1.29 is 9.47 Å². The van der Waals surface area contributed by atoms with Crippen LogP contribution in [0.4, 0.5) is 0 Å². The van der Waals surface area contributed by atoms with Gasteiger partial charge in [-0.05, 0) is 55.5 Å². The van der Waals surface area contributed by atoms with Crippen molar-refractivity contribution in [3.63, 3.8) is 0 Å². The van der Waals surface area contributed by atoms with Gasteiger partial charge in [0.25, 0.3) is 0 Å². The predicted octanol–water partition coefficient (Wildman–Crippen LogP) is 5.43. The Kier molecular flexibility index (Phi) is 4.22. The third-order valence-corrected chi connectivity index (χ3v) is 3.95. The standard InChI is InChI=1S/C18H16O2S/c1-14-7-12-18(21-14)13-19-15-8-10-17(11-9-15)20-16-5-3-2-4-6-16/h2-12H,13H2,1H3. The van der Waals surface area contributed by atoms with Crippen LogP contribution in [0.1, 0.15) is 9.75 Å². The molecule has 0 fully saturated rings. The van der Waals surface area contributed by atoms with Gasteiger partial charge < -0.3 is 9.47 Å². The average Bonchev–Trinajstić information content (AvgIpc) is 2.93. The minimum absolute atomic E-state index is 0.609. The second-order valence-corrected chi connectivity index (χ2v) is 6.06. The molecule has 0 atom stereocenters. The summed E-state index contributed by atoms with van der Waals surface area (Å²) in [5.41, 5.74) is 0. The van der Waals surface area contributed by atoms with Gasteiger partial charge in [-0.2, -0.15) is 0 Å². The topological polar surface area (TPSA) is 18.5 Å². The van der Waals surface area contributed by atoms with Crippen molar-refractivity contribution in [1.82, 2.24) is 0 Å². The first-order chi connectivity index (χ1) is 10.3. The van der Waals surface area contributed by atoms with Crippen LogP contribution in [0, 0.1) is 6.92 Å². The summed E-state index contributed by atoms with van der Waals surface area (Å²) in [7, 11) is 0. The van der Waals surface area contributed by atoms with Crippen LogP contribution in [0.3, 0.4) is 0 Å². The monoisotopic (exact) mass is 296 g/mol. The Labute approximate surface area is 128 Å². The summed E-state index contributed by atoms with van der Waals surface area (Å²) in [5, 5.41) is 0. The minimum atomic E-state index is 0.609. The van der Waals surface area contributed by atoms with Crippen LogP contribution in [0.5, 0.6) is 17.2 Å². The smallest absolute Gasteiger partial charge is 0.127 e. The number of para-hydroxylation sites is 1. The van der Waals surface area contributed by atoms with Gasteiger partial charge in [-0.1, -0.05) is 18.2 Å². The Hall–Kier alpha value is -2.26. The lowest BCUT2D eigenvalue weighted by Gasteiger charge is -2.07. The summed E-state index contributed by atoms with van der Waals surface area (Å²) in [4.78, 5) is 2.54. The van der Waals surface area contributed by atoms with Crippen molar-refractivity contribution in [2.24, 2.45) is 0 Å². The number of hydrogen-bond acceptors (Lipinski definition) is 3. The lowest BCUT2D eigenvalue weighted by Crippen LogP contribution is -1.92. The Morgan fingerprint density at radius 1 is 0.762 bits per heavy atom. The van der Waals surface area contributed by atoms with E-state index in [9.17, 15) is 0 Å². The van der Waals surface area contributed by atoms with Crippen LogP contribution in [-0.2, 0) is 6.61 Å². The zero-order chi connectivity index (χ0) is 14.5. The van der Waals surface area contributed by atoms with Crippen molar-refractivity contribution in [3.8, 4) is 17.2 Å². The molecule has 3 aromatic rings. The number of aryl methyl sites for hydroxylation is 1. The Bertz CT molecular complexity index is 687. The first-order valence-corrected chi connectivity index (χ1v) is 7.62. The molecular weight excluding hydrogens is 280 g/mol. The summed E-state index contributed by atoms with van der Waals surface area (Å²) in [6, 6.07) is 21.7. The van der Waals surface area contributed by atoms with E-state index in [0.29, 0.717) is 6.61 Å². The Morgan fingerprint density at radius 2 is 1.43 bits per heavy atom. The summed E-state index contributed by atoms with van der Waals surface area (Å²) >= 11 is 1.76. The Morgan fingerprint density at radius 3 is 2.10 bits per heavy atom. The van der Waals surface area contributed by atoms with E-state index in [4.69, 9.17) is 9.47 Å². The fourth-order valence-corrected chi connectivity index (χ4v) is 2.75. The third-order valence-electron chi connectivity index (χ3n) is 2.98. The van der Waals surface area contributed by atoms with Crippen LogP contribution >= 0.6 is 11.3 Å². The highest BCUT2D eigenvalue weighted by Crippen LogP contribution is 2.24. The molecule has 0 aliphatic carbocycles. The zero-order valence-electron chi connectivity index (χ0n) is 11.8. The van der Waals surface area contributed by atoms with Gasteiger partial charge in [0.1, 0.15) is 23.9 Å². The maximum atomic E-state index is 5.77. The van der Waals surface area contributed by atoms with Gasteiger partial charge in [0.05, 0.1) is 0 Å². The highest BCUT2D eigenvalue weighted by atomic mass is 32.1. The molecule has 3 rings (SSSR count). The van der Waals surface area contributed by atoms with E-state index < -0.39 is 0 Å². The molecule has 0 aliphatic heterocycles. The van der Waals surface area contributed by atoms with E-state index in [-0.39, 0.29) is 0 Å². The largest absolute Gasteiger partial charge is 0.488 e. The van der Waals surface area contributed by atoms with Gasteiger partial charge in [0.15, 0.2) is 0 Å². The normalized spacial score (nSPS) is 10.3. The number of thiophene rings is 1. The summed E-state index contributed by atoms with van der Waals surface area (Å²) in [6.45, 7) is 2.71. The molecule has 1 heterocycles. The van der Waals surface area contributed by atoms with Gasteiger partial charge in [-0.3, -0.25) is 0 Å². The van der Waals surface area contributed by atoms with E-state index >= 15 is 0 Å². The molecule has 106 valence electrons. The van der Waals surface area contributed by atoms with E-state index in [0.717, 1.165) is 17.2 Å². The molecule has 2 aromatic carbocycles. The molecule has 2 nitrogen and oxygen atoms in total. The zero-order valence-corrected chi connectivity index (χ0v) is 12.6. The molecule has 3 heteroatoms. The molecule has 0 bridgehead atoms. The maximum Gasteiger partial charge on any atom is 0.127 e. The molecule has 0 saturated heterocycles. The molecular formula is C18H16O2S. The summed E-state index contributed by atoms with van der Waals surface area (Å²) in [6.07, 6.45) is 0. The molecule has 0 N–H and O–H groups in total. The van der Waals surface area contributed by atoms with Crippen molar-refractivity contribution in [2.75, 3.05) is 0 Å². The molecule has 0 spiro atoms. The molecule has 21 heavy (non-hydrogen) atoms. The van der Waals surface area contributed by atoms with Crippen LogP contribution < -0.4 is 9.47 Å². The third kappa shape index (κ3) is 3.86. The number of rotatable bonds is 5. The molecule has 0 radical (unpaired) electrons. The fraction of sp³-hybridized carbons (Fsp3) is 0.111. The lowest BCUT2D eigenvalue weighted by atomic mass is 10.3. The number of benzene rings is 2. The SMILES string of the molecule is Cc1ccc(COc2ccc(Oc3ccccc3)cc2)s1. The molecule has 0 aliphatic rings. The van der Waals surface area contributed by atoms with Crippen molar-refractivity contribution in [1.29, 1.82) is 0 Å². The van der Waals surface area contributed by atoms with E-state index in [1.807, 2.05) is 54.6 Å². The molecule has 0 amide bonds. The van der Waals surface area contributed by atoms with Gasteiger partial charge >= 0.3 is 0 Å². The summed E-state index contributed by atoms with van der Waals surface area (Å²) < 4.78 is 11.5. The highest BCUT2D eigenvalue weighted by molar-refractivity contribution is 7.11. The van der Waals surface area contributed by atoms with E-state index in [1.54, 1.807) is 11.3 Å². The Balaban J connectivity index is 1.59. The second-order valence-electron chi connectivity index (χ2n) is 4.69. The molecule has 0 saturated carbocycles. The summed E-state index contributed by atoms with van der Waals surface area (Å²) in [5.74, 6) is 2.49. The van der Waals surface area contributed by atoms with E-state index in [2.05, 4.69) is 19.1 Å². The van der Waals surface area contributed by atoms with Gasteiger partial charge in [0, 0.05) is 9.75 Å². The van der Waals surface area contributed by atoms with Crippen LogP contribution in [0.15, 0.2) is 66.7 Å². The fourth-order valence-electron chi connectivity index (χ4n) is 1.95. The highest BCUT2D eigenvalue weighted by Gasteiger charge is 2.00. The molecule has 0 unspecified atom stereocenters. The average molecular weight is 296 g/mol. The maximum absolute atomic E-state index is 5.77. The van der Waals surface area contributed by atoms with Crippen molar-refractivity contribution in [3.05, 3.63) is 76.5 Å². The van der Waals surface area contributed by atoms with Crippen molar-refractivity contribution in [2.45, 2.75) is 13.5 Å². The predicted molar refractivity (Wildman–Crippen MR) is 86.3 cm³/mol. The first kappa shape index (κ1) is 13.7. The number of hydrogen-bond donors (Lipinski definition) is 0. The van der Waals surface area contributed by atoms with Gasteiger partial charge in [0.2, 0.25) is 0 Å². The van der Waals surface area contributed by atoms with Crippen LogP contribution in [0.25, 0.3) is 0 Å². The van der Waals surface area contributed by atoms with Crippen LogP contribution in [0.2, 0.25) is 0 Å². The first-order valence-electron chi connectivity index (χ1n) is 6.81. The second kappa shape index (κ2) is 6.46. The van der Waals surface area contributed by atoms with Crippen molar-refractivity contribution >= 4 is 11.3 Å².